The summed E-state index contributed by atoms with van der Waals surface area (Å²) in [6.45, 7) is 6.68. The van der Waals surface area contributed by atoms with E-state index in [0.29, 0.717) is 18.8 Å². The highest BCUT2D eigenvalue weighted by molar-refractivity contribution is 7.92. The summed E-state index contributed by atoms with van der Waals surface area (Å²) in [6, 6.07) is 12.8. The van der Waals surface area contributed by atoms with Gasteiger partial charge in [-0.3, -0.25) is 14.3 Å². The molecule has 0 heterocycles. The third-order valence-corrected chi connectivity index (χ3v) is 5.88. The van der Waals surface area contributed by atoms with Gasteiger partial charge in [-0.25, -0.2) is 8.42 Å². The van der Waals surface area contributed by atoms with Crippen molar-refractivity contribution in [2.75, 3.05) is 31.4 Å². The van der Waals surface area contributed by atoms with Crippen molar-refractivity contribution >= 4 is 27.5 Å². The lowest BCUT2D eigenvalue weighted by molar-refractivity contribution is -0.131. The molecule has 0 atom stereocenters. The number of nitrogens with zero attached hydrogens (tertiary/aromatic N) is 2. The van der Waals surface area contributed by atoms with Crippen molar-refractivity contribution in [3.05, 3.63) is 59.7 Å². The van der Waals surface area contributed by atoms with E-state index in [1.54, 1.807) is 23.1 Å². The van der Waals surface area contributed by atoms with Crippen LogP contribution in [0.4, 0.5) is 5.69 Å². The van der Waals surface area contributed by atoms with Crippen LogP contribution in [0.3, 0.4) is 0 Å². The van der Waals surface area contributed by atoms with Crippen LogP contribution in [0.2, 0.25) is 0 Å². The fourth-order valence-electron chi connectivity index (χ4n) is 2.89. The normalized spacial score (nSPS) is 11.0. The van der Waals surface area contributed by atoms with Crippen LogP contribution < -0.4 is 4.72 Å². The molecule has 156 valence electrons. The van der Waals surface area contributed by atoms with E-state index in [4.69, 9.17) is 0 Å². The number of carbonyl (C=O) groups is 2. The lowest BCUT2D eigenvalue weighted by Gasteiger charge is -2.23. The highest BCUT2D eigenvalue weighted by Crippen LogP contribution is 2.18. The van der Waals surface area contributed by atoms with Gasteiger partial charge in [-0.15, -0.1) is 0 Å². The molecule has 0 bridgehead atoms. The number of nitrogens with one attached hydrogen (secondary N) is 1. The number of amides is 2. The van der Waals surface area contributed by atoms with Gasteiger partial charge >= 0.3 is 0 Å². The van der Waals surface area contributed by atoms with Gasteiger partial charge in [-0.1, -0.05) is 18.2 Å². The smallest absolute Gasteiger partial charge is 0.261 e. The highest BCUT2D eigenvalue weighted by atomic mass is 32.2. The summed E-state index contributed by atoms with van der Waals surface area (Å²) < 4.78 is 27.9. The van der Waals surface area contributed by atoms with Crippen molar-refractivity contribution in [3.63, 3.8) is 0 Å². The Labute approximate surface area is 172 Å². The van der Waals surface area contributed by atoms with E-state index in [1.165, 1.54) is 36.2 Å². The summed E-state index contributed by atoms with van der Waals surface area (Å²) in [5.41, 5.74) is 1.57. The Balaban J connectivity index is 2.19. The van der Waals surface area contributed by atoms with Gasteiger partial charge in [0.25, 0.3) is 15.9 Å². The van der Waals surface area contributed by atoms with Crippen molar-refractivity contribution in [3.8, 4) is 0 Å². The van der Waals surface area contributed by atoms with Crippen LogP contribution in [-0.2, 0) is 14.8 Å². The van der Waals surface area contributed by atoms with Gasteiger partial charge in [0.15, 0.2) is 0 Å². The lowest BCUT2D eigenvalue weighted by atomic mass is 10.2. The van der Waals surface area contributed by atoms with E-state index in [0.717, 1.165) is 5.56 Å². The van der Waals surface area contributed by atoms with Crippen LogP contribution in [0.15, 0.2) is 53.4 Å². The molecule has 0 saturated carbocycles. The van der Waals surface area contributed by atoms with E-state index in [-0.39, 0.29) is 22.9 Å². The molecule has 0 spiro atoms. The number of sulfonamides is 1. The number of benzene rings is 2. The van der Waals surface area contributed by atoms with E-state index >= 15 is 0 Å². The fraction of sp³-hybridized carbons (Fsp3) is 0.333. The number of likely N-dealkylation sites (N-methyl/N-ethyl adjacent to an activating group) is 2. The Morgan fingerprint density at radius 3 is 2.28 bits per heavy atom. The summed E-state index contributed by atoms with van der Waals surface area (Å²) in [7, 11) is -2.33. The molecule has 0 aliphatic carbocycles. The van der Waals surface area contributed by atoms with E-state index in [9.17, 15) is 18.0 Å². The Bertz CT molecular complexity index is 985. The maximum atomic E-state index is 12.7. The zero-order valence-corrected chi connectivity index (χ0v) is 18.0. The molecule has 0 fully saturated rings. The van der Waals surface area contributed by atoms with Gasteiger partial charge < -0.3 is 9.80 Å². The summed E-state index contributed by atoms with van der Waals surface area (Å²) in [5.74, 6) is -0.575. The minimum absolute atomic E-state index is 0.0201. The average molecular weight is 418 g/mol. The predicted octanol–water partition coefficient (Wildman–Crippen LogP) is 2.74. The maximum absolute atomic E-state index is 12.7. The van der Waals surface area contributed by atoms with Crippen molar-refractivity contribution in [2.24, 2.45) is 0 Å². The zero-order valence-electron chi connectivity index (χ0n) is 17.2. The van der Waals surface area contributed by atoms with Gasteiger partial charge in [0.1, 0.15) is 0 Å². The number of hydrogen-bond donors (Lipinski definition) is 1. The molecule has 2 aromatic rings. The van der Waals surface area contributed by atoms with Crippen LogP contribution in [0.1, 0.15) is 29.8 Å². The number of anilines is 1. The zero-order chi connectivity index (χ0) is 21.6. The molecule has 2 rings (SSSR count). The van der Waals surface area contributed by atoms with Crippen molar-refractivity contribution in [1.82, 2.24) is 9.80 Å². The Morgan fingerprint density at radius 2 is 1.66 bits per heavy atom. The second kappa shape index (κ2) is 9.56. The SMILES string of the molecule is CCN(CC)C(=O)CN(C)C(=O)c1cccc(S(=O)(=O)Nc2cccc(C)c2)c1. The Morgan fingerprint density at radius 1 is 1.00 bits per heavy atom. The number of rotatable bonds is 8. The maximum Gasteiger partial charge on any atom is 0.261 e. The molecule has 29 heavy (non-hydrogen) atoms. The average Bonchev–Trinajstić information content (AvgIpc) is 2.68. The van der Waals surface area contributed by atoms with Crippen molar-refractivity contribution < 1.29 is 18.0 Å². The molecule has 0 aliphatic heterocycles. The summed E-state index contributed by atoms with van der Waals surface area (Å²) in [5, 5.41) is 0. The molecule has 2 aromatic carbocycles. The first-order valence-electron chi connectivity index (χ1n) is 9.40. The third kappa shape index (κ3) is 5.80. The molecular formula is C21H27N3O4S. The monoisotopic (exact) mass is 417 g/mol. The van der Waals surface area contributed by atoms with Crippen LogP contribution in [0.25, 0.3) is 0 Å². The fourth-order valence-corrected chi connectivity index (χ4v) is 3.99. The Kier molecular flexibility index (Phi) is 7.39. The topological polar surface area (TPSA) is 86.8 Å². The first-order chi connectivity index (χ1) is 13.7. The van der Waals surface area contributed by atoms with E-state index in [1.807, 2.05) is 26.8 Å². The minimum Gasteiger partial charge on any atom is -0.342 e. The van der Waals surface area contributed by atoms with Crippen molar-refractivity contribution in [2.45, 2.75) is 25.7 Å². The number of hydrogen-bond acceptors (Lipinski definition) is 4. The molecule has 0 aliphatic rings. The Hall–Kier alpha value is -2.87. The lowest BCUT2D eigenvalue weighted by Crippen LogP contribution is -2.41. The molecule has 0 saturated heterocycles. The summed E-state index contributed by atoms with van der Waals surface area (Å²) in [4.78, 5) is 27.8. The molecule has 0 unspecified atom stereocenters. The van der Waals surface area contributed by atoms with E-state index in [2.05, 4.69) is 4.72 Å². The van der Waals surface area contributed by atoms with Gasteiger partial charge in [-0.05, 0) is 56.7 Å². The van der Waals surface area contributed by atoms with Gasteiger partial charge in [0, 0.05) is 31.4 Å². The second-order valence-corrected chi connectivity index (χ2v) is 8.41. The first-order valence-corrected chi connectivity index (χ1v) is 10.9. The first kappa shape index (κ1) is 22.4. The van der Waals surface area contributed by atoms with Gasteiger partial charge in [0.05, 0.1) is 11.4 Å². The van der Waals surface area contributed by atoms with Crippen LogP contribution >= 0.6 is 0 Å². The van der Waals surface area contributed by atoms with E-state index < -0.39 is 15.9 Å². The van der Waals surface area contributed by atoms with Crippen LogP contribution in [-0.4, -0.2) is 56.7 Å². The molecular weight excluding hydrogens is 390 g/mol. The predicted molar refractivity (Wildman–Crippen MR) is 113 cm³/mol. The molecule has 0 aromatic heterocycles. The summed E-state index contributed by atoms with van der Waals surface area (Å²) in [6.07, 6.45) is 0. The second-order valence-electron chi connectivity index (χ2n) is 6.73. The molecule has 7 nitrogen and oxygen atoms in total. The number of carbonyl (C=O) groups excluding carboxylic acids is 2. The van der Waals surface area contributed by atoms with Crippen LogP contribution in [0, 0.1) is 6.92 Å². The third-order valence-electron chi connectivity index (χ3n) is 4.50. The molecule has 8 heteroatoms. The van der Waals surface area contributed by atoms with Crippen molar-refractivity contribution in [1.29, 1.82) is 0 Å². The molecule has 1 N–H and O–H groups in total. The standard InChI is InChI=1S/C21H27N3O4S/c1-5-24(6-2)20(25)15-23(4)21(26)17-10-8-12-19(14-17)29(27,28)22-18-11-7-9-16(3)13-18/h7-14,22H,5-6,15H2,1-4H3. The molecule has 2 amide bonds. The quantitative estimate of drug-likeness (QED) is 0.715. The minimum atomic E-state index is -3.85. The summed E-state index contributed by atoms with van der Waals surface area (Å²) >= 11 is 0. The van der Waals surface area contributed by atoms with Crippen LogP contribution in [0.5, 0.6) is 0 Å². The van der Waals surface area contributed by atoms with Gasteiger partial charge in [-0.2, -0.15) is 0 Å². The number of aryl methyl sites for hydroxylation is 1. The molecule has 0 radical (unpaired) electrons. The largest absolute Gasteiger partial charge is 0.342 e. The van der Waals surface area contributed by atoms with Gasteiger partial charge in [0.2, 0.25) is 5.91 Å². The highest BCUT2D eigenvalue weighted by Gasteiger charge is 2.20.